The Morgan fingerprint density at radius 2 is 2.24 bits per heavy atom. The first kappa shape index (κ1) is 24.3. The van der Waals surface area contributed by atoms with E-state index in [2.05, 4.69) is 21.7 Å². The van der Waals surface area contributed by atoms with Crippen LogP contribution in [0.5, 0.6) is 5.75 Å². The van der Waals surface area contributed by atoms with Crippen LogP contribution in [0.3, 0.4) is 0 Å². The molecule has 0 spiro atoms. The third kappa shape index (κ3) is 5.27. The van der Waals surface area contributed by atoms with E-state index < -0.39 is 15.6 Å². The van der Waals surface area contributed by atoms with Gasteiger partial charge in [-0.3, -0.25) is 9.78 Å². The van der Waals surface area contributed by atoms with Crippen molar-refractivity contribution in [1.29, 1.82) is 5.26 Å². The van der Waals surface area contributed by atoms with Crippen molar-refractivity contribution >= 4 is 66.1 Å². The zero-order chi connectivity index (χ0) is 24.2. The van der Waals surface area contributed by atoms with Crippen LogP contribution in [-0.4, -0.2) is 32.7 Å². The van der Waals surface area contributed by atoms with Crippen molar-refractivity contribution < 1.29 is 18.1 Å². The van der Waals surface area contributed by atoms with Crippen molar-refractivity contribution in [1.82, 2.24) is 4.98 Å². The highest BCUT2D eigenvalue weighted by molar-refractivity contribution is 8.69. The molecule has 0 radical (unpaired) electrons. The van der Waals surface area contributed by atoms with Crippen LogP contribution in [0.1, 0.15) is 25.3 Å². The number of halogens is 2. The van der Waals surface area contributed by atoms with E-state index in [4.69, 9.17) is 16.3 Å². The summed E-state index contributed by atoms with van der Waals surface area (Å²) in [7, 11) is 0.290. The van der Waals surface area contributed by atoms with Crippen LogP contribution in [0.4, 0.5) is 21.5 Å². The second kappa shape index (κ2) is 10.6. The number of nitrogens with one attached hydrogen (secondary N) is 2. The number of carbonyl (C=O) groups excluding carboxylic acids is 1. The number of rotatable bonds is 7. The summed E-state index contributed by atoms with van der Waals surface area (Å²) in [6, 6.07) is 9.61. The number of aromatic nitrogens is 1. The van der Waals surface area contributed by atoms with Crippen LogP contribution < -0.4 is 15.4 Å². The van der Waals surface area contributed by atoms with Gasteiger partial charge in [-0.15, -0.1) is 0 Å². The molecule has 0 aliphatic carbocycles. The Balaban J connectivity index is 1.74. The Morgan fingerprint density at radius 3 is 2.91 bits per heavy atom. The van der Waals surface area contributed by atoms with Gasteiger partial charge in [-0.1, -0.05) is 22.4 Å². The Hall–Kier alpha value is -2.87. The lowest BCUT2D eigenvalue weighted by molar-refractivity contribution is -0.116. The van der Waals surface area contributed by atoms with Crippen LogP contribution >= 0.6 is 22.4 Å². The molecule has 176 valence electrons. The molecule has 2 heterocycles. The Morgan fingerprint density at radius 1 is 1.41 bits per heavy atom. The number of nitriles is 1. The summed E-state index contributed by atoms with van der Waals surface area (Å²) in [6.45, 7) is 2.19. The first-order valence-corrected chi connectivity index (χ1v) is 13.5. The van der Waals surface area contributed by atoms with Crippen molar-refractivity contribution in [3.05, 3.63) is 52.9 Å². The fourth-order valence-electron chi connectivity index (χ4n) is 3.56. The molecule has 1 aliphatic rings. The maximum Gasteiger partial charge on any atom is 0.225 e. The summed E-state index contributed by atoms with van der Waals surface area (Å²) in [4.78, 5) is 17.1. The lowest BCUT2D eigenvalue weighted by Gasteiger charge is -2.17. The van der Waals surface area contributed by atoms with E-state index in [0.29, 0.717) is 40.3 Å². The SMILES string of the molecule is CCOc1cc2ncc(C#N)c(Nc3ccc(F)c(Cl)c3)c2cc1NC(=O)CC1CCSS1=O. The van der Waals surface area contributed by atoms with Crippen molar-refractivity contribution in [3.8, 4) is 11.8 Å². The van der Waals surface area contributed by atoms with Crippen LogP contribution in [0.15, 0.2) is 36.5 Å². The lowest BCUT2D eigenvalue weighted by Crippen LogP contribution is -2.20. The molecular weight excluding hydrogens is 499 g/mol. The van der Waals surface area contributed by atoms with Gasteiger partial charge in [0.05, 0.1) is 49.2 Å². The zero-order valence-corrected chi connectivity index (χ0v) is 20.5. The van der Waals surface area contributed by atoms with Gasteiger partial charge in [0.25, 0.3) is 0 Å². The highest BCUT2D eigenvalue weighted by Crippen LogP contribution is 2.37. The number of benzene rings is 2. The monoisotopic (exact) mass is 518 g/mol. The Bertz CT molecular complexity index is 1330. The average Bonchev–Trinajstić information content (AvgIpc) is 3.21. The Kier molecular flexibility index (Phi) is 7.56. The van der Waals surface area contributed by atoms with Crippen molar-refractivity contribution in [2.45, 2.75) is 25.0 Å². The van der Waals surface area contributed by atoms with Gasteiger partial charge in [-0.25, -0.2) is 8.60 Å². The molecule has 3 aromatic rings. The summed E-state index contributed by atoms with van der Waals surface area (Å²) < 4.78 is 31.3. The maximum absolute atomic E-state index is 13.6. The third-order valence-electron chi connectivity index (χ3n) is 5.18. The molecule has 34 heavy (non-hydrogen) atoms. The molecule has 2 unspecified atom stereocenters. The molecule has 0 saturated carbocycles. The first-order valence-electron chi connectivity index (χ1n) is 10.4. The second-order valence-corrected chi connectivity index (χ2v) is 11.4. The largest absolute Gasteiger partial charge is 0.492 e. The number of hydrogen-bond donors (Lipinski definition) is 2. The van der Waals surface area contributed by atoms with Crippen molar-refractivity contribution in [2.75, 3.05) is 23.0 Å². The van der Waals surface area contributed by atoms with Gasteiger partial charge in [0, 0.05) is 35.5 Å². The summed E-state index contributed by atoms with van der Waals surface area (Å²) in [6.07, 6.45) is 2.29. The standard InChI is InChI=1S/C23H20ClFN4O3S2/c1-2-32-21-10-19-16(9-20(21)29-22(30)8-15-5-6-33-34(15)31)23(13(11-26)12-27-19)28-14-3-4-18(25)17(24)7-14/h3-4,7,9-10,12,15H,2,5-6,8H2,1H3,(H,27,28)(H,29,30). The second-order valence-electron chi connectivity index (χ2n) is 7.46. The highest BCUT2D eigenvalue weighted by atomic mass is 35.5. The number of pyridine rings is 1. The number of ether oxygens (including phenoxy) is 1. The molecular formula is C23H20ClFN4O3S2. The lowest BCUT2D eigenvalue weighted by atomic mass is 10.1. The van der Waals surface area contributed by atoms with E-state index >= 15 is 0 Å². The number of anilines is 3. The number of amides is 1. The maximum atomic E-state index is 13.6. The van der Waals surface area contributed by atoms with Crippen LogP contribution in [-0.2, 0) is 14.6 Å². The van der Waals surface area contributed by atoms with E-state index in [0.717, 1.165) is 12.2 Å². The Labute approximate surface area is 206 Å². The minimum absolute atomic E-state index is 0.0593. The fourth-order valence-corrected chi connectivity index (χ4v) is 7.08. The van der Waals surface area contributed by atoms with E-state index in [1.165, 1.54) is 35.2 Å². The topological polar surface area (TPSA) is 104 Å². The summed E-state index contributed by atoms with van der Waals surface area (Å²) in [5.74, 6) is 0.374. The van der Waals surface area contributed by atoms with Gasteiger partial charge < -0.3 is 15.4 Å². The summed E-state index contributed by atoms with van der Waals surface area (Å²) >= 11 is 5.91. The van der Waals surface area contributed by atoms with Gasteiger partial charge >= 0.3 is 0 Å². The molecule has 4 rings (SSSR count). The van der Waals surface area contributed by atoms with Gasteiger partial charge in [0.2, 0.25) is 5.91 Å². The van der Waals surface area contributed by atoms with E-state index in [9.17, 15) is 18.7 Å². The van der Waals surface area contributed by atoms with E-state index in [-0.39, 0.29) is 28.2 Å². The number of nitrogens with zero attached hydrogens (tertiary/aromatic N) is 2. The highest BCUT2D eigenvalue weighted by Gasteiger charge is 2.27. The van der Waals surface area contributed by atoms with Crippen LogP contribution in [0, 0.1) is 17.1 Å². The van der Waals surface area contributed by atoms with Crippen molar-refractivity contribution in [3.63, 3.8) is 0 Å². The molecule has 7 nitrogen and oxygen atoms in total. The van der Waals surface area contributed by atoms with Gasteiger partial charge in [-0.05, 0) is 37.6 Å². The quantitative estimate of drug-likeness (QED) is 0.396. The predicted molar refractivity (Wildman–Crippen MR) is 135 cm³/mol. The minimum atomic E-state index is -1.07. The van der Waals surface area contributed by atoms with Crippen LogP contribution in [0.2, 0.25) is 5.02 Å². The molecule has 1 aliphatic heterocycles. The number of carbonyl (C=O) groups is 1. The summed E-state index contributed by atoms with van der Waals surface area (Å²) in [5, 5.41) is 15.9. The van der Waals surface area contributed by atoms with Crippen LogP contribution in [0.25, 0.3) is 10.9 Å². The molecule has 1 amide bonds. The van der Waals surface area contributed by atoms with Gasteiger partial charge in [-0.2, -0.15) is 5.26 Å². The zero-order valence-electron chi connectivity index (χ0n) is 18.1. The normalized spacial score (nSPS) is 17.4. The van der Waals surface area contributed by atoms with Gasteiger partial charge in [0.1, 0.15) is 17.6 Å². The summed E-state index contributed by atoms with van der Waals surface area (Å²) in [5.41, 5.74) is 2.11. The van der Waals surface area contributed by atoms with E-state index in [1.807, 2.05) is 6.92 Å². The molecule has 2 N–H and O–H groups in total. The average molecular weight is 519 g/mol. The first-order chi connectivity index (χ1) is 16.4. The predicted octanol–water partition coefficient (Wildman–Crippen LogP) is 5.54. The third-order valence-corrected chi connectivity index (χ3v) is 9.06. The molecule has 1 aromatic heterocycles. The van der Waals surface area contributed by atoms with Gasteiger partial charge in [0.15, 0.2) is 0 Å². The number of fused-ring (bicyclic) bond motifs is 1. The number of hydrogen-bond acceptors (Lipinski definition) is 7. The molecule has 1 saturated heterocycles. The minimum Gasteiger partial charge on any atom is -0.492 e. The molecule has 2 aromatic carbocycles. The smallest absolute Gasteiger partial charge is 0.225 e. The van der Waals surface area contributed by atoms with Crippen molar-refractivity contribution in [2.24, 2.45) is 0 Å². The van der Waals surface area contributed by atoms with E-state index in [1.54, 1.807) is 12.1 Å². The molecule has 2 atom stereocenters. The fraction of sp³-hybridized carbons (Fsp3) is 0.261. The molecule has 0 bridgehead atoms. The molecule has 1 fully saturated rings. The molecule has 11 heteroatoms.